The van der Waals surface area contributed by atoms with Gasteiger partial charge >= 0.3 is 6.09 Å². The first kappa shape index (κ1) is 9.77. The summed E-state index contributed by atoms with van der Waals surface area (Å²) in [5.74, 6) is 1.06. The molecule has 0 spiro atoms. The molecule has 1 aliphatic heterocycles. The van der Waals surface area contributed by atoms with Crippen LogP contribution in [0.25, 0.3) is 0 Å². The van der Waals surface area contributed by atoms with E-state index >= 15 is 0 Å². The average molecular weight is 198 g/mol. The second-order valence-electron chi connectivity index (χ2n) is 5.29. The first-order valence-electron chi connectivity index (χ1n) is 5.12. The molecule has 0 aromatic heterocycles. The van der Waals surface area contributed by atoms with Gasteiger partial charge in [-0.3, -0.25) is 0 Å². The number of carbonyl (C=O) groups excluding carboxylic acids is 1. The number of carbonyl (C=O) groups is 1. The van der Waals surface area contributed by atoms with Crippen molar-refractivity contribution in [1.82, 2.24) is 4.90 Å². The van der Waals surface area contributed by atoms with E-state index in [0.29, 0.717) is 17.9 Å². The summed E-state index contributed by atoms with van der Waals surface area (Å²) >= 11 is 0. The van der Waals surface area contributed by atoms with Crippen LogP contribution in [0.15, 0.2) is 0 Å². The summed E-state index contributed by atoms with van der Waals surface area (Å²) in [5, 5.41) is 0. The van der Waals surface area contributed by atoms with Crippen LogP contribution in [0.2, 0.25) is 0 Å². The van der Waals surface area contributed by atoms with Crippen molar-refractivity contribution in [3.8, 4) is 0 Å². The summed E-state index contributed by atoms with van der Waals surface area (Å²) in [6.45, 7) is 7.20. The summed E-state index contributed by atoms with van der Waals surface area (Å²) in [6, 6.07) is 0.327. The Balaban J connectivity index is 1.84. The van der Waals surface area contributed by atoms with Crippen molar-refractivity contribution in [2.75, 3.05) is 13.1 Å². The number of fused-ring (bicyclic) bond motifs is 1. The van der Waals surface area contributed by atoms with Crippen molar-refractivity contribution < 1.29 is 9.53 Å². The van der Waals surface area contributed by atoms with E-state index in [9.17, 15) is 4.79 Å². The predicted octanol–water partition coefficient (Wildman–Crippen LogP) is 0.810. The smallest absolute Gasteiger partial charge is 0.410 e. The van der Waals surface area contributed by atoms with Gasteiger partial charge in [-0.1, -0.05) is 0 Å². The number of hydrogen-bond acceptors (Lipinski definition) is 3. The molecule has 14 heavy (non-hydrogen) atoms. The number of likely N-dealkylation sites (tertiary alicyclic amines) is 1. The zero-order valence-electron chi connectivity index (χ0n) is 8.99. The monoisotopic (exact) mass is 198 g/mol. The van der Waals surface area contributed by atoms with Crippen molar-refractivity contribution in [1.29, 1.82) is 0 Å². The van der Waals surface area contributed by atoms with E-state index in [4.69, 9.17) is 10.5 Å². The van der Waals surface area contributed by atoms with E-state index in [1.54, 1.807) is 4.90 Å². The van der Waals surface area contributed by atoms with Gasteiger partial charge in [-0.25, -0.2) is 4.79 Å². The highest BCUT2D eigenvalue weighted by Crippen LogP contribution is 2.43. The molecular weight excluding hydrogens is 180 g/mol. The molecule has 1 saturated heterocycles. The summed E-state index contributed by atoms with van der Waals surface area (Å²) in [4.78, 5) is 13.4. The quantitative estimate of drug-likeness (QED) is 0.626. The Hall–Kier alpha value is -0.770. The van der Waals surface area contributed by atoms with E-state index in [2.05, 4.69) is 0 Å². The zero-order chi connectivity index (χ0) is 10.5. The van der Waals surface area contributed by atoms with Crippen LogP contribution < -0.4 is 5.73 Å². The van der Waals surface area contributed by atoms with Crippen molar-refractivity contribution >= 4 is 6.09 Å². The summed E-state index contributed by atoms with van der Waals surface area (Å²) in [5.41, 5.74) is 5.39. The maximum Gasteiger partial charge on any atom is 0.410 e. The number of ether oxygens (including phenoxy) is 1. The lowest BCUT2D eigenvalue weighted by Crippen LogP contribution is -2.38. The van der Waals surface area contributed by atoms with Crippen LogP contribution in [0.4, 0.5) is 4.79 Å². The van der Waals surface area contributed by atoms with E-state index in [-0.39, 0.29) is 6.09 Å². The van der Waals surface area contributed by atoms with Gasteiger partial charge in [-0.2, -0.15) is 0 Å². The summed E-state index contributed by atoms with van der Waals surface area (Å²) in [7, 11) is 0. The molecule has 1 aliphatic carbocycles. The highest BCUT2D eigenvalue weighted by Gasteiger charge is 2.55. The molecule has 1 saturated carbocycles. The Morgan fingerprint density at radius 2 is 1.86 bits per heavy atom. The molecule has 2 aliphatic rings. The molecule has 0 aromatic rings. The number of rotatable bonds is 0. The fourth-order valence-corrected chi connectivity index (χ4v) is 2.05. The number of hydrogen-bond donors (Lipinski definition) is 1. The Morgan fingerprint density at radius 1 is 1.36 bits per heavy atom. The van der Waals surface area contributed by atoms with Crippen LogP contribution in [-0.2, 0) is 4.74 Å². The second kappa shape index (κ2) is 2.86. The van der Waals surface area contributed by atoms with Crippen molar-refractivity contribution in [3.05, 3.63) is 0 Å². The Bertz CT molecular complexity index is 247. The molecule has 0 unspecified atom stereocenters. The molecule has 2 atom stereocenters. The highest BCUT2D eigenvalue weighted by atomic mass is 16.6. The van der Waals surface area contributed by atoms with Crippen molar-refractivity contribution in [2.45, 2.75) is 32.4 Å². The lowest BCUT2D eigenvalue weighted by Gasteiger charge is -2.25. The lowest BCUT2D eigenvalue weighted by atomic mass is 10.2. The third kappa shape index (κ3) is 1.71. The third-order valence-electron chi connectivity index (χ3n) is 2.91. The standard InChI is InChI=1S/C10H18N2O2/c1-10(2,3)14-9(13)12-4-6-7(5-12)8(6)11/h6-8H,4-5,11H2,1-3H3/t6-,7-/m1/s1. The van der Waals surface area contributed by atoms with Crippen LogP contribution in [0.5, 0.6) is 0 Å². The Labute approximate surface area is 84.4 Å². The van der Waals surface area contributed by atoms with E-state index in [1.165, 1.54) is 0 Å². The van der Waals surface area contributed by atoms with Gasteiger partial charge in [-0.05, 0) is 32.6 Å². The lowest BCUT2D eigenvalue weighted by molar-refractivity contribution is 0.0271. The zero-order valence-corrected chi connectivity index (χ0v) is 8.99. The minimum atomic E-state index is -0.397. The van der Waals surface area contributed by atoms with Gasteiger partial charge in [0.2, 0.25) is 0 Å². The largest absolute Gasteiger partial charge is 0.444 e. The van der Waals surface area contributed by atoms with Gasteiger partial charge < -0.3 is 15.4 Å². The van der Waals surface area contributed by atoms with Crippen LogP contribution >= 0.6 is 0 Å². The minimum Gasteiger partial charge on any atom is -0.444 e. The van der Waals surface area contributed by atoms with Gasteiger partial charge in [0.1, 0.15) is 5.60 Å². The SMILES string of the molecule is CC(C)(C)OC(=O)N1C[C@H]2C(N)[C@@H]2C1. The molecule has 0 radical (unpaired) electrons. The first-order chi connectivity index (χ1) is 6.38. The predicted molar refractivity (Wildman–Crippen MR) is 52.8 cm³/mol. The molecule has 80 valence electrons. The van der Waals surface area contributed by atoms with Crippen LogP contribution in [-0.4, -0.2) is 35.7 Å². The summed E-state index contributed by atoms with van der Waals surface area (Å²) in [6.07, 6.45) is -0.197. The van der Waals surface area contributed by atoms with Gasteiger partial charge in [0.15, 0.2) is 0 Å². The van der Waals surface area contributed by atoms with Gasteiger partial charge in [0.05, 0.1) is 0 Å². The van der Waals surface area contributed by atoms with Crippen LogP contribution in [0.1, 0.15) is 20.8 Å². The van der Waals surface area contributed by atoms with Gasteiger partial charge in [0.25, 0.3) is 0 Å². The molecule has 2 rings (SSSR count). The fourth-order valence-electron chi connectivity index (χ4n) is 2.05. The van der Waals surface area contributed by atoms with Crippen molar-refractivity contribution in [2.24, 2.45) is 17.6 Å². The first-order valence-corrected chi connectivity index (χ1v) is 5.12. The van der Waals surface area contributed by atoms with E-state index in [0.717, 1.165) is 13.1 Å². The number of nitrogens with two attached hydrogens (primary N) is 1. The highest BCUT2D eigenvalue weighted by molar-refractivity contribution is 5.69. The molecule has 0 aromatic carbocycles. The van der Waals surface area contributed by atoms with Gasteiger partial charge in [-0.15, -0.1) is 0 Å². The molecule has 4 nitrogen and oxygen atoms in total. The van der Waals surface area contributed by atoms with Crippen LogP contribution in [0.3, 0.4) is 0 Å². The van der Waals surface area contributed by atoms with E-state index < -0.39 is 5.60 Å². The number of amides is 1. The fraction of sp³-hybridized carbons (Fsp3) is 0.900. The Kier molecular flexibility index (Phi) is 2.00. The molecular formula is C10H18N2O2. The van der Waals surface area contributed by atoms with Gasteiger partial charge in [0, 0.05) is 19.1 Å². The molecule has 1 amide bonds. The van der Waals surface area contributed by atoms with E-state index in [1.807, 2.05) is 20.8 Å². The second-order valence-corrected chi connectivity index (χ2v) is 5.29. The maximum atomic E-state index is 11.6. The Morgan fingerprint density at radius 3 is 2.29 bits per heavy atom. The van der Waals surface area contributed by atoms with Crippen LogP contribution in [0, 0.1) is 11.8 Å². The molecule has 2 N–H and O–H groups in total. The topological polar surface area (TPSA) is 55.6 Å². The average Bonchev–Trinajstić information content (AvgIpc) is 2.47. The summed E-state index contributed by atoms with van der Waals surface area (Å²) < 4.78 is 5.27. The van der Waals surface area contributed by atoms with Crippen molar-refractivity contribution in [3.63, 3.8) is 0 Å². The maximum absolute atomic E-state index is 11.6. The normalized spacial score (nSPS) is 35.4. The molecule has 1 heterocycles. The third-order valence-corrected chi connectivity index (χ3v) is 2.91. The number of nitrogens with zero attached hydrogens (tertiary/aromatic N) is 1. The molecule has 2 fully saturated rings. The number of piperidine rings is 1. The molecule has 0 bridgehead atoms. The molecule has 4 heteroatoms. The minimum absolute atomic E-state index is 0.197.